The molecule has 0 radical (unpaired) electrons. The van der Waals surface area contributed by atoms with E-state index in [4.69, 9.17) is 15.5 Å². The van der Waals surface area contributed by atoms with E-state index in [1.54, 1.807) is 42.8 Å². The van der Waals surface area contributed by atoms with Crippen molar-refractivity contribution in [2.75, 3.05) is 6.61 Å². The second kappa shape index (κ2) is 12.6. The molecule has 206 valence electrons. The Morgan fingerprint density at radius 1 is 0.975 bits per heavy atom. The Bertz CT molecular complexity index is 1530. The summed E-state index contributed by atoms with van der Waals surface area (Å²) in [5.74, 6) is 6.43. The molecule has 1 atom stereocenters. The molecule has 0 saturated carbocycles. The molecule has 0 spiro atoms. The minimum absolute atomic E-state index is 0.0135. The van der Waals surface area contributed by atoms with Crippen molar-refractivity contribution in [2.24, 2.45) is 5.41 Å². The molecule has 0 aliphatic carbocycles. The van der Waals surface area contributed by atoms with Crippen LogP contribution in [0, 0.1) is 23.1 Å². The number of carbonyl (C=O) groups is 1. The number of aromatic nitrogens is 1. The van der Waals surface area contributed by atoms with Crippen LogP contribution in [0.2, 0.25) is 12.6 Å². The summed E-state index contributed by atoms with van der Waals surface area (Å²) in [6.45, 7) is 10.6. The minimum Gasteiger partial charge on any atom is -0.402 e. The molecule has 0 N–H and O–H groups in total. The molecule has 1 unspecified atom stereocenters. The van der Waals surface area contributed by atoms with Crippen molar-refractivity contribution in [3.05, 3.63) is 89.3 Å². The zero-order valence-electron chi connectivity index (χ0n) is 23.5. The number of carbonyl (C=O) groups excluding carboxylic acids is 1. The first kappa shape index (κ1) is 29.9. The number of ketones is 1. The molecule has 0 bridgehead atoms. The molecule has 0 aliphatic heterocycles. The number of nitrogens with zero attached hydrogens (tertiary/aromatic N) is 1. The van der Waals surface area contributed by atoms with Gasteiger partial charge in [-0.1, -0.05) is 69.0 Å². The van der Waals surface area contributed by atoms with Crippen LogP contribution in [-0.2, 0) is 4.43 Å². The lowest BCUT2D eigenvalue weighted by Gasteiger charge is -2.27. The van der Waals surface area contributed by atoms with E-state index in [0.717, 1.165) is 43.6 Å². The van der Waals surface area contributed by atoms with E-state index in [1.165, 1.54) is 12.1 Å². The normalized spacial score (nSPS) is 12.9. The maximum atomic E-state index is 13.8. The Hall–Kier alpha value is -3.08. The first-order chi connectivity index (χ1) is 18.9. The molecule has 3 nitrogen and oxygen atoms in total. The summed E-state index contributed by atoms with van der Waals surface area (Å²) in [5, 5.41) is 0. The van der Waals surface area contributed by atoms with Crippen molar-refractivity contribution >= 4 is 35.8 Å². The van der Waals surface area contributed by atoms with E-state index >= 15 is 0 Å². The summed E-state index contributed by atoms with van der Waals surface area (Å²) in [6.07, 6.45) is 4.07. The predicted molar refractivity (Wildman–Crippen MR) is 168 cm³/mol. The van der Waals surface area contributed by atoms with Gasteiger partial charge in [0.05, 0.1) is 4.88 Å². The summed E-state index contributed by atoms with van der Waals surface area (Å²) in [7, 11) is -2.30. The van der Waals surface area contributed by atoms with Crippen LogP contribution in [-0.4, -0.2) is 25.0 Å². The van der Waals surface area contributed by atoms with Gasteiger partial charge in [-0.05, 0) is 65.9 Å². The smallest absolute Gasteiger partial charge is 0.287 e. The van der Waals surface area contributed by atoms with Crippen molar-refractivity contribution in [1.29, 1.82) is 0 Å². The van der Waals surface area contributed by atoms with Crippen LogP contribution >= 0.6 is 22.4 Å². The lowest BCUT2D eigenvalue weighted by molar-refractivity contribution is 0.101. The number of rotatable bonds is 8. The van der Waals surface area contributed by atoms with E-state index in [2.05, 4.69) is 37.6 Å². The van der Waals surface area contributed by atoms with Crippen molar-refractivity contribution in [1.82, 2.24) is 4.98 Å². The maximum absolute atomic E-state index is 13.8. The number of Topliss-reactive ketones (excluding diaryl/α,β-unsaturated/α-hetero) is 1. The fraction of sp³-hybridized carbons (Fsp3) is 0.273. The van der Waals surface area contributed by atoms with Crippen LogP contribution in [0.25, 0.3) is 32.7 Å². The van der Waals surface area contributed by atoms with Gasteiger partial charge < -0.3 is 4.43 Å². The number of pyridine rings is 1. The number of thiophene rings is 1. The third-order valence-electron chi connectivity index (χ3n) is 6.24. The molecule has 4 rings (SSSR count). The van der Waals surface area contributed by atoms with Crippen molar-refractivity contribution in [2.45, 2.75) is 46.7 Å². The first-order valence-corrected chi connectivity index (χ1v) is 17.6. The molecular formula is C33H33ClFNO2SSi. The SMILES string of the molecule is CC(=O)c1ccc(-c2c(C#CCCO[Si](C)(Cl)CC(C)(C)C)sc(-c3ccc(F)cc3)c2-c2ccncc2)cc1. The Morgan fingerprint density at radius 3 is 2.17 bits per heavy atom. The molecule has 0 aliphatic rings. The highest BCUT2D eigenvalue weighted by Gasteiger charge is 2.32. The lowest BCUT2D eigenvalue weighted by atomic mass is 9.93. The Kier molecular flexibility index (Phi) is 9.43. The standard InChI is InChI=1S/C33H33ClFNO2SSi/c1-23(37)24-9-11-25(12-10-24)30-29(8-6-7-21-38-40(5,34)22-33(2,3)4)39-32(27-13-15-28(35)16-14-27)31(30)26-17-19-36-20-18-26/h9-20H,7,21-22H2,1-5H3. The van der Waals surface area contributed by atoms with E-state index < -0.39 is 7.63 Å². The molecule has 40 heavy (non-hydrogen) atoms. The zero-order valence-corrected chi connectivity index (χ0v) is 26.0. The minimum atomic E-state index is -2.30. The van der Waals surface area contributed by atoms with Gasteiger partial charge in [0, 0.05) is 47.0 Å². The molecule has 4 aromatic rings. The van der Waals surface area contributed by atoms with Gasteiger partial charge in [-0.15, -0.1) is 22.4 Å². The molecular weight excluding hydrogens is 557 g/mol. The molecule has 7 heteroatoms. The number of hydrogen-bond acceptors (Lipinski definition) is 4. The largest absolute Gasteiger partial charge is 0.402 e. The van der Waals surface area contributed by atoms with Crippen LogP contribution in [0.3, 0.4) is 0 Å². The molecule has 2 aromatic carbocycles. The fourth-order valence-corrected chi connectivity index (χ4v) is 9.90. The second-order valence-corrected chi connectivity index (χ2v) is 17.4. The van der Waals surface area contributed by atoms with Gasteiger partial charge in [-0.25, -0.2) is 4.39 Å². The third kappa shape index (κ3) is 7.77. The van der Waals surface area contributed by atoms with E-state index in [9.17, 15) is 9.18 Å². The summed E-state index contributed by atoms with van der Waals surface area (Å²) in [5.41, 5.74) is 5.58. The summed E-state index contributed by atoms with van der Waals surface area (Å²) < 4.78 is 19.9. The van der Waals surface area contributed by atoms with Gasteiger partial charge in [-0.3, -0.25) is 9.78 Å². The van der Waals surface area contributed by atoms with E-state index in [0.29, 0.717) is 18.6 Å². The lowest BCUT2D eigenvalue weighted by Crippen LogP contribution is -2.32. The van der Waals surface area contributed by atoms with Gasteiger partial charge in [0.15, 0.2) is 5.78 Å². The molecule has 0 fully saturated rings. The maximum Gasteiger partial charge on any atom is 0.287 e. The average molecular weight is 590 g/mol. The highest BCUT2D eigenvalue weighted by molar-refractivity contribution is 7.17. The number of benzene rings is 2. The quantitative estimate of drug-likeness (QED) is 0.0675. The first-order valence-electron chi connectivity index (χ1n) is 13.2. The molecule has 0 saturated heterocycles. The molecule has 2 heterocycles. The average Bonchev–Trinajstić information content (AvgIpc) is 3.27. The highest BCUT2D eigenvalue weighted by Crippen LogP contribution is 2.47. The van der Waals surface area contributed by atoms with Gasteiger partial charge in [0.1, 0.15) is 5.82 Å². The van der Waals surface area contributed by atoms with E-state index in [1.807, 2.05) is 42.9 Å². The van der Waals surface area contributed by atoms with E-state index in [-0.39, 0.29) is 17.0 Å². The number of halogens is 2. The number of hydrogen-bond donors (Lipinski definition) is 0. The zero-order chi connectivity index (χ0) is 28.9. The van der Waals surface area contributed by atoms with Gasteiger partial charge in [0.25, 0.3) is 7.63 Å². The van der Waals surface area contributed by atoms with Crippen LogP contribution < -0.4 is 0 Å². The van der Waals surface area contributed by atoms with Crippen molar-refractivity contribution in [3.63, 3.8) is 0 Å². The summed E-state index contributed by atoms with van der Waals surface area (Å²) in [4.78, 5) is 18.0. The van der Waals surface area contributed by atoms with Crippen LogP contribution in [0.15, 0.2) is 73.1 Å². The fourth-order valence-electron chi connectivity index (χ4n) is 4.72. The van der Waals surface area contributed by atoms with Gasteiger partial charge in [0.2, 0.25) is 0 Å². The second-order valence-electron chi connectivity index (χ2n) is 11.1. The highest BCUT2D eigenvalue weighted by atomic mass is 35.6. The summed E-state index contributed by atoms with van der Waals surface area (Å²) in [6, 6.07) is 18.9. The van der Waals surface area contributed by atoms with Gasteiger partial charge in [-0.2, -0.15) is 0 Å². The van der Waals surface area contributed by atoms with Crippen molar-refractivity contribution < 1.29 is 13.6 Å². The topological polar surface area (TPSA) is 39.2 Å². The predicted octanol–water partition coefficient (Wildman–Crippen LogP) is 9.60. The summed E-state index contributed by atoms with van der Waals surface area (Å²) >= 11 is 8.32. The Balaban J connectivity index is 1.78. The van der Waals surface area contributed by atoms with Crippen LogP contribution in [0.1, 0.15) is 49.4 Å². The Morgan fingerprint density at radius 2 is 1.57 bits per heavy atom. The molecule has 0 amide bonds. The van der Waals surface area contributed by atoms with Crippen LogP contribution in [0.5, 0.6) is 0 Å². The third-order valence-corrected chi connectivity index (χ3v) is 10.6. The molecule has 2 aromatic heterocycles. The van der Waals surface area contributed by atoms with Gasteiger partial charge >= 0.3 is 0 Å². The van der Waals surface area contributed by atoms with Crippen molar-refractivity contribution in [3.8, 4) is 44.5 Å². The van der Waals surface area contributed by atoms with Crippen LogP contribution in [0.4, 0.5) is 4.39 Å². The Labute approximate surface area is 246 Å². The monoisotopic (exact) mass is 589 g/mol.